The smallest absolute Gasteiger partial charge is 0.475 e. The van der Waals surface area contributed by atoms with Crippen molar-refractivity contribution in [2.24, 2.45) is 7.05 Å². The number of aryl methyl sites for hydroxylation is 1. The Morgan fingerprint density at radius 2 is 1.96 bits per heavy atom. The molecular formula is C12H16F6N4O2. The van der Waals surface area contributed by atoms with Gasteiger partial charge in [-0.3, -0.25) is 9.58 Å². The monoisotopic (exact) mass is 362 g/mol. The number of carboxylic acid groups (broad SMARTS) is 1. The van der Waals surface area contributed by atoms with Crippen molar-refractivity contribution in [3.05, 3.63) is 12.4 Å². The van der Waals surface area contributed by atoms with Crippen LogP contribution in [0.4, 0.5) is 32.0 Å². The summed E-state index contributed by atoms with van der Waals surface area (Å²) < 4.78 is 70.0. The number of carbonyl (C=O) groups is 1. The van der Waals surface area contributed by atoms with Crippen LogP contribution in [0.1, 0.15) is 6.42 Å². The van der Waals surface area contributed by atoms with Crippen LogP contribution in [0.3, 0.4) is 0 Å². The third-order valence-electron chi connectivity index (χ3n) is 2.99. The van der Waals surface area contributed by atoms with Crippen LogP contribution in [0.15, 0.2) is 12.4 Å². The predicted octanol–water partition coefficient (Wildman–Crippen LogP) is 2.10. The summed E-state index contributed by atoms with van der Waals surface area (Å²) >= 11 is 0. The maximum Gasteiger partial charge on any atom is 0.490 e. The van der Waals surface area contributed by atoms with Gasteiger partial charge in [-0.25, -0.2) is 4.79 Å². The third kappa shape index (κ3) is 7.53. The van der Waals surface area contributed by atoms with E-state index in [1.165, 1.54) is 4.90 Å². The van der Waals surface area contributed by atoms with Crippen LogP contribution in [0.25, 0.3) is 0 Å². The number of likely N-dealkylation sites (tertiary alicyclic amines) is 1. The van der Waals surface area contributed by atoms with Crippen molar-refractivity contribution in [2.75, 3.05) is 25.0 Å². The lowest BCUT2D eigenvalue weighted by Crippen LogP contribution is -2.34. The minimum Gasteiger partial charge on any atom is -0.475 e. The van der Waals surface area contributed by atoms with Crippen LogP contribution < -0.4 is 5.32 Å². The lowest BCUT2D eigenvalue weighted by Gasteiger charge is -2.18. The minimum atomic E-state index is -5.08. The first-order valence-corrected chi connectivity index (χ1v) is 6.71. The van der Waals surface area contributed by atoms with Gasteiger partial charge in [-0.2, -0.15) is 31.4 Å². The maximum absolute atomic E-state index is 12.2. The van der Waals surface area contributed by atoms with Gasteiger partial charge >= 0.3 is 18.3 Å². The van der Waals surface area contributed by atoms with E-state index >= 15 is 0 Å². The van der Waals surface area contributed by atoms with E-state index in [1.54, 1.807) is 17.9 Å². The Morgan fingerprint density at radius 3 is 2.38 bits per heavy atom. The molecular weight excluding hydrogens is 346 g/mol. The number of alkyl halides is 6. The number of hydrogen-bond acceptors (Lipinski definition) is 4. The first kappa shape index (κ1) is 20.1. The number of anilines is 1. The number of halogens is 6. The van der Waals surface area contributed by atoms with E-state index in [2.05, 4.69) is 10.4 Å². The van der Waals surface area contributed by atoms with Gasteiger partial charge < -0.3 is 10.4 Å². The van der Waals surface area contributed by atoms with Gasteiger partial charge in [-0.1, -0.05) is 0 Å². The molecule has 0 bridgehead atoms. The van der Waals surface area contributed by atoms with Crippen LogP contribution in [0, 0.1) is 0 Å². The second kappa shape index (κ2) is 7.73. The molecule has 0 radical (unpaired) electrons. The van der Waals surface area contributed by atoms with Crippen molar-refractivity contribution in [3.8, 4) is 0 Å². The Kier molecular flexibility index (Phi) is 6.46. The molecule has 24 heavy (non-hydrogen) atoms. The van der Waals surface area contributed by atoms with Gasteiger partial charge in [-0.15, -0.1) is 0 Å². The number of aliphatic carboxylic acids is 1. The molecule has 1 unspecified atom stereocenters. The predicted molar refractivity (Wildman–Crippen MR) is 71.4 cm³/mol. The fraction of sp³-hybridized carbons (Fsp3) is 0.667. The molecule has 1 aromatic heterocycles. The van der Waals surface area contributed by atoms with E-state index in [4.69, 9.17) is 9.90 Å². The van der Waals surface area contributed by atoms with Gasteiger partial charge in [0.1, 0.15) is 0 Å². The molecule has 1 aliphatic rings. The van der Waals surface area contributed by atoms with Gasteiger partial charge in [0.15, 0.2) is 0 Å². The summed E-state index contributed by atoms with van der Waals surface area (Å²) in [5.74, 6) is -2.76. The first-order chi connectivity index (χ1) is 10.9. The molecule has 1 aromatic rings. The quantitative estimate of drug-likeness (QED) is 0.806. The normalized spacial score (nSPS) is 18.9. The first-order valence-electron chi connectivity index (χ1n) is 6.71. The van der Waals surface area contributed by atoms with Gasteiger partial charge in [-0.05, 0) is 6.42 Å². The van der Waals surface area contributed by atoms with Gasteiger partial charge in [0.25, 0.3) is 0 Å². The van der Waals surface area contributed by atoms with E-state index in [0.29, 0.717) is 13.1 Å². The summed E-state index contributed by atoms with van der Waals surface area (Å²) in [6.45, 7) is 0.0874. The number of nitrogens with zero attached hydrogens (tertiary/aromatic N) is 3. The molecule has 0 spiro atoms. The van der Waals surface area contributed by atoms with E-state index in [-0.39, 0.29) is 6.04 Å². The SMILES string of the molecule is Cn1cc(NC2CCN(CC(F)(F)F)C2)cn1.O=C(O)C(F)(F)F. The van der Waals surface area contributed by atoms with Gasteiger partial charge in [0, 0.05) is 32.4 Å². The topological polar surface area (TPSA) is 70.4 Å². The second-order valence-electron chi connectivity index (χ2n) is 5.19. The van der Waals surface area contributed by atoms with Crippen molar-refractivity contribution in [1.82, 2.24) is 14.7 Å². The summed E-state index contributed by atoms with van der Waals surface area (Å²) in [4.78, 5) is 10.3. The second-order valence-corrected chi connectivity index (χ2v) is 5.19. The van der Waals surface area contributed by atoms with Gasteiger partial charge in [0.2, 0.25) is 0 Å². The van der Waals surface area contributed by atoms with Crippen molar-refractivity contribution in [1.29, 1.82) is 0 Å². The zero-order valence-electron chi connectivity index (χ0n) is 12.5. The Hall–Kier alpha value is -1.98. The Morgan fingerprint density at radius 1 is 1.38 bits per heavy atom. The molecule has 12 heteroatoms. The number of carboxylic acids is 1. The molecule has 2 N–H and O–H groups in total. The molecule has 0 aromatic carbocycles. The highest BCUT2D eigenvalue weighted by Gasteiger charge is 2.38. The number of rotatable bonds is 3. The zero-order chi connectivity index (χ0) is 18.5. The molecule has 2 heterocycles. The maximum atomic E-state index is 12.2. The average Bonchev–Trinajstić information content (AvgIpc) is 2.97. The van der Waals surface area contributed by atoms with E-state index < -0.39 is 24.9 Å². The highest BCUT2D eigenvalue weighted by atomic mass is 19.4. The van der Waals surface area contributed by atoms with Crippen LogP contribution in [-0.2, 0) is 11.8 Å². The van der Waals surface area contributed by atoms with Crippen LogP contribution in [0.2, 0.25) is 0 Å². The summed E-state index contributed by atoms with van der Waals surface area (Å²) in [6.07, 6.45) is -4.98. The standard InChI is InChI=1S/C10H15F3N4.C2HF3O2/c1-16-5-9(4-14-16)15-8-2-3-17(6-8)7-10(11,12)13;3-2(4,5)1(6)7/h4-5,8,15H,2-3,6-7H2,1H3;(H,6,7). The zero-order valence-corrected chi connectivity index (χ0v) is 12.5. The molecule has 0 amide bonds. The Labute approximate surface area is 133 Å². The fourth-order valence-corrected chi connectivity index (χ4v) is 2.08. The lowest BCUT2D eigenvalue weighted by atomic mass is 10.2. The summed E-state index contributed by atoms with van der Waals surface area (Å²) in [6, 6.07) is 0.0709. The minimum absolute atomic E-state index is 0.0709. The van der Waals surface area contributed by atoms with Crippen LogP contribution >= 0.6 is 0 Å². The van der Waals surface area contributed by atoms with E-state index in [9.17, 15) is 26.3 Å². The molecule has 0 saturated carbocycles. The molecule has 6 nitrogen and oxygen atoms in total. The van der Waals surface area contributed by atoms with Crippen LogP contribution in [0.5, 0.6) is 0 Å². The van der Waals surface area contributed by atoms with Crippen molar-refractivity contribution in [3.63, 3.8) is 0 Å². The summed E-state index contributed by atoms with van der Waals surface area (Å²) in [7, 11) is 1.80. The lowest BCUT2D eigenvalue weighted by molar-refractivity contribution is -0.192. The molecule has 1 atom stereocenters. The molecule has 1 saturated heterocycles. The summed E-state index contributed by atoms with van der Waals surface area (Å²) in [5, 5.41) is 14.3. The number of nitrogens with one attached hydrogen (secondary N) is 1. The van der Waals surface area contributed by atoms with Gasteiger partial charge in [0.05, 0.1) is 18.4 Å². The molecule has 138 valence electrons. The van der Waals surface area contributed by atoms with E-state index in [0.717, 1.165) is 12.1 Å². The number of aromatic nitrogens is 2. The molecule has 0 aliphatic carbocycles. The highest BCUT2D eigenvalue weighted by molar-refractivity contribution is 5.73. The average molecular weight is 362 g/mol. The van der Waals surface area contributed by atoms with Crippen molar-refractivity contribution < 1.29 is 36.2 Å². The Balaban J connectivity index is 0.000000351. The number of hydrogen-bond donors (Lipinski definition) is 2. The van der Waals surface area contributed by atoms with E-state index in [1.807, 2.05) is 6.20 Å². The van der Waals surface area contributed by atoms with Crippen molar-refractivity contribution >= 4 is 11.7 Å². The van der Waals surface area contributed by atoms with Crippen molar-refractivity contribution in [2.45, 2.75) is 24.8 Å². The molecule has 1 fully saturated rings. The largest absolute Gasteiger partial charge is 0.490 e. The van der Waals surface area contributed by atoms with Crippen LogP contribution in [-0.4, -0.2) is 63.8 Å². The molecule has 1 aliphatic heterocycles. The third-order valence-corrected chi connectivity index (χ3v) is 2.99. The molecule has 2 rings (SSSR count). The summed E-state index contributed by atoms with van der Waals surface area (Å²) in [5.41, 5.74) is 0.853. The fourth-order valence-electron chi connectivity index (χ4n) is 2.08. The Bertz CT molecular complexity index is 542. The highest BCUT2D eigenvalue weighted by Crippen LogP contribution is 2.21.